The zero-order valence-electron chi connectivity index (χ0n) is 9.90. The maximum absolute atomic E-state index is 13.8. The molecule has 1 amide bonds. The Balaban J connectivity index is 2.87. The number of hydrogen-bond acceptors (Lipinski definition) is 3. The molecule has 100 valence electrons. The van der Waals surface area contributed by atoms with Crippen LogP contribution >= 0.6 is 27.7 Å². The molecule has 0 radical (unpaired) electrons. The van der Waals surface area contributed by atoms with Crippen LogP contribution in [0.15, 0.2) is 22.7 Å². The third kappa shape index (κ3) is 4.26. The first-order valence-electron chi connectivity index (χ1n) is 5.42. The average Bonchev–Trinajstić information content (AvgIpc) is 2.31. The fourth-order valence-electron chi connectivity index (χ4n) is 1.35. The van der Waals surface area contributed by atoms with Crippen molar-refractivity contribution in [3.8, 4) is 0 Å². The predicted molar refractivity (Wildman–Crippen MR) is 74.7 cm³/mol. The van der Waals surface area contributed by atoms with Crippen molar-refractivity contribution in [3.63, 3.8) is 0 Å². The Morgan fingerprint density at radius 2 is 2.28 bits per heavy atom. The van der Waals surface area contributed by atoms with Gasteiger partial charge in [0.25, 0.3) is 0 Å². The van der Waals surface area contributed by atoms with Crippen molar-refractivity contribution in [2.45, 2.75) is 12.2 Å². The Morgan fingerprint density at radius 3 is 2.78 bits per heavy atom. The number of nitrogens with two attached hydrogens (primary N) is 1. The highest BCUT2D eigenvalue weighted by Crippen LogP contribution is 2.32. The standard InChI is InChI=1S/C12H15BrFNO2S/c1-7(5-16)6-18-11(12(15)17)9-3-2-8(13)4-10(9)14/h2-4,7,11,16H,5-6H2,1H3,(H2,15,17)/t7-,11+/m1/s1. The van der Waals surface area contributed by atoms with Gasteiger partial charge in [0.2, 0.25) is 5.91 Å². The van der Waals surface area contributed by atoms with Crippen LogP contribution in [0, 0.1) is 11.7 Å². The average molecular weight is 336 g/mol. The topological polar surface area (TPSA) is 63.3 Å². The van der Waals surface area contributed by atoms with E-state index in [1.54, 1.807) is 12.1 Å². The molecule has 3 nitrogen and oxygen atoms in total. The first-order chi connectivity index (χ1) is 8.45. The number of rotatable bonds is 6. The summed E-state index contributed by atoms with van der Waals surface area (Å²) in [5.74, 6) is -0.460. The smallest absolute Gasteiger partial charge is 0.235 e. The van der Waals surface area contributed by atoms with E-state index in [4.69, 9.17) is 10.8 Å². The van der Waals surface area contributed by atoms with Gasteiger partial charge in [-0.1, -0.05) is 28.9 Å². The summed E-state index contributed by atoms with van der Waals surface area (Å²) < 4.78 is 14.4. The van der Waals surface area contributed by atoms with Crippen molar-refractivity contribution in [2.24, 2.45) is 11.7 Å². The fourth-order valence-corrected chi connectivity index (χ4v) is 2.85. The van der Waals surface area contributed by atoms with Gasteiger partial charge in [-0.25, -0.2) is 4.39 Å². The number of thioether (sulfide) groups is 1. The van der Waals surface area contributed by atoms with Crippen molar-refractivity contribution in [1.82, 2.24) is 0 Å². The highest BCUT2D eigenvalue weighted by Gasteiger charge is 2.22. The van der Waals surface area contributed by atoms with Gasteiger partial charge in [-0.15, -0.1) is 11.8 Å². The first-order valence-corrected chi connectivity index (χ1v) is 7.26. The number of carbonyl (C=O) groups is 1. The normalized spacial score (nSPS) is 14.2. The molecule has 1 aromatic carbocycles. The molecule has 0 aliphatic rings. The van der Waals surface area contributed by atoms with Gasteiger partial charge in [-0.05, 0) is 23.8 Å². The number of carbonyl (C=O) groups excluding carboxylic acids is 1. The molecule has 2 atom stereocenters. The van der Waals surface area contributed by atoms with Crippen LogP contribution in [0.1, 0.15) is 17.7 Å². The molecule has 0 saturated heterocycles. The summed E-state index contributed by atoms with van der Waals surface area (Å²) in [7, 11) is 0. The van der Waals surface area contributed by atoms with Crippen molar-refractivity contribution in [1.29, 1.82) is 0 Å². The van der Waals surface area contributed by atoms with Crippen molar-refractivity contribution >= 4 is 33.6 Å². The van der Waals surface area contributed by atoms with E-state index < -0.39 is 17.0 Å². The molecule has 0 aromatic heterocycles. The molecule has 0 unspecified atom stereocenters. The summed E-state index contributed by atoms with van der Waals surface area (Å²) in [5, 5.41) is 8.21. The number of hydrogen-bond donors (Lipinski definition) is 2. The Labute approximate surface area is 118 Å². The monoisotopic (exact) mass is 335 g/mol. The largest absolute Gasteiger partial charge is 0.396 e. The maximum Gasteiger partial charge on any atom is 0.235 e. The van der Waals surface area contributed by atoms with E-state index >= 15 is 0 Å². The minimum atomic E-state index is -0.730. The minimum Gasteiger partial charge on any atom is -0.396 e. The third-order valence-electron chi connectivity index (χ3n) is 2.36. The lowest BCUT2D eigenvalue weighted by Crippen LogP contribution is -2.21. The van der Waals surface area contributed by atoms with Crippen LogP contribution in [0.2, 0.25) is 0 Å². The van der Waals surface area contributed by atoms with Gasteiger partial charge < -0.3 is 10.8 Å². The summed E-state index contributed by atoms with van der Waals surface area (Å²) >= 11 is 4.41. The van der Waals surface area contributed by atoms with Crippen LogP contribution in [0.4, 0.5) is 4.39 Å². The molecule has 0 aliphatic carbocycles. The van der Waals surface area contributed by atoms with Gasteiger partial charge in [-0.3, -0.25) is 4.79 Å². The van der Waals surface area contributed by atoms with E-state index in [2.05, 4.69) is 15.9 Å². The van der Waals surface area contributed by atoms with Crippen LogP contribution in [0.5, 0.6) is 0 Å². The van der Waals surface area contributed by atoms with Crippen LogP contribution < -0.4 is 5.73 Å². The van der Waals surface area contributed by atoms with E-state index in [1.807, 2.05) is 6.92 Å². The van der Waals surface area contributed by atoms with Crippen LogP contribution in [-0.2, 0) is 4.79 Å². The van der Waals surface area contributed by atoms with Crippen molar-refractivity contribution < 1.29 is 14.3 Å². The number of halogens is 2. The highest BCUT2D eigenvalue weighted by atomic mass is 79.9. The van der Waals surface area contributed by atoms with Crippen LogP contribution in [-0.4, -0.2) is 23.4 Å². The second-order valence-electron chi connectivity index (χ2n) is 4.07. The van der Waals surface area contributed by atoms with Crippen LogP contribution in [0.25, 0.3) is 0 Å². The lowest BCUT2D eigenvalue weighted by molar-refractivity contribution is -0.117. The van der Waals surface area contributed by atoms with Crippen LogP contribution in [0.3, 0.4) is 0 Å². The molecule has 0 spiro atoms. The van der Waals surface area contributed by atoms with Gasteiger partial charge in [0.05, 0.1) is 0 Å². The number of aliphatic hydroxyl groups excluding tert-OH is 1. The van der Waals surface area contributed by atoms with Gasteiger partial charge in [-0.2, -0.15) is 0 Å². The Morgan fingerprint density at radius 1 is 1.61 bits per heavy atom. The molecule has 6 heteroatoms. The zero-order chi connectivity index (χ0) is 13.7. The fraction of sp³-hybridized carbons (Fsp3) is 0.417. The molecule has 0 heterocycles. The molecule has 0 fully saturated rings. The summed E-state index contributed by atoms with van der Waals surface area (Å²) in [6.07, 6.45) is 0. The predicted octanol–water partition coefficient (Wildman–Crippen LogP) is 2.48. The molecular formula is C12H15BrFNO2S. The molecule has 0 saturated carbocycles. The van der Waals surface area contributed by atoms with E-state index in [0.717, 1.165) is 0 Å². The molecule has 1 aromatic rings. The molecule has 18 heavy (non-hydrogen) atoms. The molecule has 3 N–H and O–H groups in total. The summed E-state index contributed by atoms with van der Waals surface area (Å²) in [4.78, 5) is 11.4. The van der Waals surface area contributed by atoms with E-state index in [-0.39, 0.29) is 18.1 Å². The van der Waals surface area contributed by atoms with Gasteiger partial charge in [0.15, 0.2) is 0 Å². The summed E-state index contributed by atoms with van der Waals surface area (Å²) in [6, 6.07) is 4.52. The number of aliphatic hydroxyl groups is 1. The highest BCUT2D eigenvalue weighted by molar-refractivity contribution is 9.10. The Hall–Kier alpha value is -0.590. The Bertz CT molecular complexity index is 431. The molecule has 1 rings (SSSR count). The number of amides is 1. The Kier molecular flexibility index (Phi) is 6.11. The first kappa shape index (κ1) is 15.5. The second-order valence-corrected chi connectivity index (χ2v) is 6.12. The van der Waals surface area contributed by atoms with E-state index in [9.17, 15) is 9.18 Å². The van der Waals surface area contributed by atoms with Crippen molar-refractivity contribution in [3.05, 3.63) is 34.1 Å². The number of benzene rings is 1. The van der Waals surface area contributed by atoms with Gasteiger partial charge in [0.1, 0.15) is 11.1 Å². The molecule has 0 bridgehead atoms. The SMILES string of the molecule is C[C@H](CO)CS[C@H](C(N)=O)c1ccc(Br)cc1F. The third-order valence-corrected chi connectivity index (χ3v) is 4.44. The van der Waals surface area contributed by atoms with Crippen molar-refractivity contribution in [2.75, 3.05) is 12.4 Å². The van der Waals surface area contributed by atoms with Gasteiger partial charge in [0, 0.05) is 16.6 Å². The second kappa shape index (κ2) is 7.11. The van der Waals surface area contributed by atoms with Gasteiger partial charge >= 0.3 is 0 Å². The quantitative estimate of drug-likeness (QED) is 0.839. The zero-order valence-corrected chi connectivity index (χ0v) is 12.3. The molecular weight excluding hydrogens is 321 g/mol. The number of primary amides is 1. The van der Waals surface area contributed by atoms with E-state index in [1.165, 1.54) is 17.8 Å². The van der Waals surface area contributed by atoms with E-state index in [0.29, 0.717) is 10.2 Å². The maximum atomic E-state index is 13.8. The lowest BCUT2D eigenvalue weighted by Gasteiger charge is -2.16. The minimum absolute atomic E-state index is 0.0291. The molecule has 0 aliphatic heterocycles. The summed E-state index contributed by atoms with van der Waals surface area (Å²) in [6.45, 7) is 1.88. The summed E-state index contributed by atoms with van der Waals surface area (Å²) in [5.41, 5.74) is 5.58. The lowest BCUT2D eigenvalue weighted by atomic mass is 10.1.